The van der Waals surface area contributed by atoms with E-state index in [-0.39, 0.29) is 5.91 Å². The van der Waals surface area contributed by atoms with Crippen LogP contribution in [0.15, 0.2) is 72.9 Å². The van der Waals surface area contributed by atoms with Gasteiger partial charge in [0.2, 0.25) is 0 Å². The first kappa shape index (κ1) is 20.0. The highest BCUT2D eigenvalue weighted by atomic mass is 35.5. The summed E-state index contributed by atoms with van der Waals surface area (Å²) < 4.78 is 5.29. The second-order valence-electron chi connectivity index (χ2n) is 7.24. The fourth-order valence-corrected chi connectivity index (χ4v) is 3.78. The zero-order valence-electron chi connectivity index (χ0n) is 16.7. The molecule has 5 heteroatoms. The summed E-state index contributed by atoms with van der Waals surface area (Å²) in [5.74, 6) is 0.764. The second kappa shape index (κ2) is 9.06. The van der Waals surface area contributed by atoms with Crippen LogP contribution < -0.4 is 10.1 Å². The SMILES string of the molecule is COc1cccc(Cc2cccc(C(=O)NCCc3c[nH]c4ccc(Cl)cc34)c2)c1. The number of nitrogens with one attached hydrogen (secondary N) is 2. The maximum absolute atomic E-state index is 12.6. The molecule has 0 aliphatic heterocycles. The fourth-order valence-electron chi connectivity index (χ4n) is 3.61. The van der Waals surface area contributed by atoms with Crippen molar-refractivity contribution in [2.24, 2.45) is 0 Å². The third kappa shape index (κ3) is 4.66. The summed E-state index contributed by atoms with van der Waals surface area (Å²) in [6.07, 6.45) is 3.45. The van der Waals surface area contributed by atoms with Gasteiger partial charge in [-0.3, -0.25) is 4.79 Å². The molecule has 30 heavy (non-hydrogen) atoms. The van der Waals surface area contributed by atoms with Crippen molar-refractivity contribution in [3.8, 4) is 5.75 Å². The van der Waals surface area contributed by atoms with Crippen LogP contribution in [-0.4, -0.2) is 24.5 Å². The first-order valence-corrected chi connectivity index (χ1v) is 10.3. The second-order valence-corrected chi connectivity index (χ2v) is 7.67. The molecule has 4 aromatic rings. The van der Waals surface area contributed by atoms with Crippen LogP contribution in [0.5, 0.6) is 5.75 Å². The maximum atomic E-state index is 12.6. The summed E-state index contributed by atoms with van der Waals surface area (Å²) in [6.45, 7) is 0.554. The Bertz CT molecular complexity index is 1180. The first-order valence-electron chi connectivity index (χ1n) is 9.88. The van der Waals surface area contributed by atoms with Crippen LogP contribution in [0.4, 0.5) is 0 Å². The molecular weight excluding hydrogens is 396 g/mol. The molecule has 4 nitrogen and oxygen atoms in total. The molecule has 0 spiro atoms. The van der Waals surface area contributed by atoms with Gasteiger partial charge in [0.25, 0.3) is 5.91 Å². The number of carbonyl (C=O) groups is 1. The molecule has 1 heterocycles. The van der Waals surface area contributed by atoms with Gasteiger partial charge in [-0.05, 0) is 72.0 Å². The molecule has 0 atom stereocenters. The lowest BCUT2D eigenvalue weighted by Gasteiger charge is -2.08. The molecule has 1 aromatic heterocycles. The summed E-state index contributed by atoms with van der Waals surface area (Å²) in [7, 11) is 1.66. The molecule has 0 bridgehead atoms. The Morgan fingerprint density at radius 1 is 1.03 bits per heavy atom. The van der Waals surface area contributed by atoms with E-state index in [9.17, 15) is 4.79 Å². The highest BCUT2D eigenvalue weighted by Gasteiger charge is 2.09. The molecule has 1 amide bonds. The van der Waals surface area contributed by atoms with Crippen LogP contribution in [0.3, 0.4) is 0 Å². The number of hydrogen-bond donors (Lipinski definition) is 2. The van der Waals surface area contributed by atoms with Crippen LogP contribution in [0.2, 0.25) is 5.02 Å². The summed E-state index contributed by atoms with van der Waals surface area (Å²) in [6, 6.07) is 21.5. The number of benzene rings is 3. The van der Waals surface area contributed by atoms with Gasteiger partial charge in [-0.1, -0.05) is 35.9 Å². The van der Waals surface area contributed by atoms with E-state index >= 15 is 0 Å². The van der Waals surface area contributed by atoms with Crippen LogP contribution in [0.25, 0.3) is 10.9 Å². The number of H-pyrrole nitrogens is 1. The lowest BCUT2D eigenvalue weighted by Crippen LogP contribution is -2.25. The van der Waals surface area contributed by atoms with Crippen molar-refractivity contribution in [1.29, 1.82) is 0 Å². The van der Waals surface area contributed by atoms with E-state index in [0.717, 1.165) is 46.2 Å². The quantitative estimate of drug-likeness (QED) is 0.422. The maximum Gasteiger partial charge on any atom is 0.251 e. The Morgan fingerprint density at radius 2 is 1.83 bits per heavy atom. The van der Waals surface area contributed by atoms with Crippen molar-refractivity contribution in [1.82, 2.24) is 10.3 Å². The van der Waals surface area contributed by atoms with Crippen molar-refractivity contribution in [2.45, 2.75) is 12.8 Å². The highest BCUT2D eigenvalue weighted by Crippen LogP contribution is 2.22. The lowest BCUT2D eigenvalue weighted by atomic mass is 10.0. The van der Waals surface area contributed by atoms with E-state index < -0.39 is 0 Å². The molecule has 0 aliphatic carbocycles. The van der Waals surface area contributed by atoms with E-state index in [2.05, 4.69) is 16.4 Å². The van der Waals surface area contributed by atoms with Crippen LogP contribution in [-0.2, 0) is 12.8 Å². The molecule has 0 aliphatic rings. The van der Waals surface area contributed by atoms with Gasteiger partial charge in [-0.15, -0.1) is 0 Å². The molecular formula is C25H23ClN2O2. The Hall–Kier alpha value is -3.24. The topological polar surface area (TPSA) is 54.1 Å². The third-order valence-electron chi connectivity index (χ3n) is 5.14. The highest BCUT2D eigenvalue weighted by molar-refractivity contribution is 6.31. The Morgan fingerprint density at radius 3 is 2.67 bits per heavy atom. The zero-order valence-corrected chi connectivity index (χ0v) is 17.5. The smallest absolute Gasteiger partial charge is 0.251 e. The molecule has 3 aromatic carbocycles. The zero-order chi connectivity index (χ0) is 20.9. The molecule has 0 fully saturated rings. The van der Waals surface area contributed by atoms with E-state index in [0.29, 0.717) is 17.1 Å². The number of carbonyl (C=O) groups excluding carboxylic acids is 1. The van der Waals surface area contributed by atoms with E-state index in [1.54, 1.807) is 7.11 Å². The van der Waals surface area contributed by atoms with Gasteiger partial charge in [0.1, 0.15) is 5.75 Å². The van der Waals surface area contributed by atoms with Gasteiger partial charge >= 0.3 is 0 Å². The minimum atomic E-state index is -0.0691. The van der Waals surface area contributed by atoms with Gasteiger partial charge in [-0.25, -0.2) is 0 Å². The van der Waals surface area contributed by atoms with Gasteiger partial charge in [-0.2, -0.15) is 0 Å². The van der Waals surface area contributed by atoms with Crippen LogP contribution in [0, 0.1) is 0 Å². The summed E-state index contributed by atoms with van der Waals surface area (Å²) in [5.41, 5.74) is 5.08. The van der Waals surface area contributed by atoms with Crippen LogP contribution >= 0.6 is 11.6 Å². The van der Waals surface area contributed by atoms with Crippen molar-refractivity contribution in [3.63, 3.8) is 0 Å². The fraction of sp³-hybridized carbons (Fsp3) is 0.160. The van der Waals surface area contributed by atoms with Crippen LogP contribution in [0.1, 0.15) is 27.0 Å². The van der Waals surface area contributed by atoms with Crippen molar-refractivity contribution in [3.05, 3.63) is 100 Å². The minimum Gasteiger partial charge on any atom is -0.497 e. The number of ether oxygens (including phenoxy) is 1. The Labute approximate surface area is 180 Å². The van der Waals surface area contributed by atoms with Crippen molar-refractivity contribution < 1.29 is 9.53 Å². The van der Waals surface area contributed by atoms with Gasteiger partial charge in [0.05, 0.1) is 7.11 Å². The van der Waals surface area contributed by atoms with Crippen molar-refractivity contribution >= 4 is 28.4 Å². The van der Waals surface area contributed by atoms with E-state index in [1.165, 1.54) is 0 Å². The van der Waals surface area contributed by atoms with Gasteiger partial charge < -0.3 is 15.0 Å². The molecule has 0 saturated carbocycles. The predicted octanol–water partition coefficient (Wildman–Crippen LogP) is 5.39. The molecule has 2 N–H and O–H groups in total. The summed E-state index contributed by atoms with van der Waals surface area (Å²) in [5, 5.41) is 4.82. The number of halogens is 1. The largest absolute Gasteiger partial charge is 0.497 e. The number of aromatic nitrogens is 1. The number of hydrogen-bond acceptors (Lipinski definition) is 2. The van der Waals surface area contributed by atoms with E-state index in [4.69, 9.17) is 16.3 Å². The third-order valence-corrected chi connectivity index (χ3v) is 5.38. The average molecular weight is 419 g/mol. The molecule has 0 unspecified atom stereocenters. The summed E-state index contributed by atoms with van der Waals surface area (Å²) >= 11 is 6.11. The molecule has 0 radical (unpaired) electrons. The first-order chi connectivity index (χ1) is 14.6. The van der Waals surface area contributed by atoms with Gasteiger partial charge in [0.15, 0.2) is 0 Å². The average Bonchev–Trinajstić information content (AvgIpc) is 3.16. The standard InChI is InChI=1S/C25H23ClN2O2/c1-30-22-7-3-5-18(14-22)12-17-4-2-6-19(13-17)25(29)27-11-10-20-16-28-24-9-8-21(26)15-23(20)24/h2-9,13-16,28H,10-12H2,1H3,(H,27,29). The van der Waals surface area contributed by atoms with Crippen molar-refractivity contribution in [2.75, 3.05) is 13.7 Å². The Kier molecular flexibility index (Phi) is 6.05. The Balaban J connectivity index is 1.38. The summed E-state index contributed by atoms with van der Waals surface area (Å²) in [4.78, 5) is 15.9. The number of rotatable bonds is 7. The minimum absolute atomic E-state index is 0.0691. The molecule has 4 rings (SSSR count). The number of fused-ring (bicyclic) bond motifs is 1. The number of aromatic amines is 1. The monoisotopic (exact) mass is 418 g/mol. The van der Waals surface area contributed by atoms with E-state index in [1.807, 2.05) is 66.9 Å². The number of amides is 1. The molecule has 0 saturated heterocycles. The number of methoxy groups -OCH3 is 1. The van der Waals surface area contributed by atoms with Gasteiger partial charge in [0, 0.05) is 34.2 Å². The predicted molar refractivity (Wildman–Crippen MR) is 122 cm³/mol. The lowest BCUT2D eigenvalue weighted by molar-refractivity contribution is 0.0954. The molecule has 152 valence electrons. The normalized spacial score (nSPS) is 10.9.